The summed E-state index contributed by atoms with van der Waals surface area (Å²) in [4.78, 5) is 8.58. The molecule has 3 rings (SSSR count). The van der Waals surface area contributed by atoms with Crippen LogP contribution in [0, 0.1) is 0 Å². The fourth-order valence-electron chi connectivity index (χ4n) is 1.48. The van der Waals surface area contributed by atoms with Gasteiger partial charge in [0.25, 0.3) is 0 Å². The van der Waals surface area contributed by atoms with Crippen molar-refractivity contribution in [1.82, 2.24) is 19.7 Å². The first-order chi connectivity index (χ1) is 8.42. The van der Waals surface area contributed by atoms with Crippen LogP contribution < -0.4 is 5.32 Å². The number of pyridine rings is 1. The van der Waals surface area contributed by atoms with Gasteiger partial charge in [-0.05, 0) is 47.8 Å². The SMILES string of the molecule is c1cnc(Sc2ncns2)c(CNC2CC2)c1. The predicted molar refractivity (Wildman–Crippen MR) is 68.1 cm³/mol. The van der Waals surface area contributed by atoms with Crippen LogP contribution in [0.4, 0.5) is 0 Å². The molecule has 1 aliphatic rings. The van der Waals surface area contributed by atoms with Crippen molar-refractivity contribution < 1.29 is 0 Å². The normalized spacial score (nSPS) is 15.1. The van der Waals surface area contributed by atoms with Crippen molar-refractivity contribution >= 4 is 23.3 Å². The minimum Gasteiger partial charge on any atom is -0.310 e. The Morgan fingerprint density at radius 1 is 1.41 bits per heavy atom. The van der Waals surface area contributed by atoms with Crippen LogP contribution in [-0.2, 0) is 6.54 Å². The Morgan fingerprint density at radius 3 is 3.12 bits per heavy atom. The molecule has 0 aromatic carbocycles. The van der Waals surface area contributed by atoms with Crippen LogP contribution in [0.25, 0.3) is 0 Å². The average molecular weight is 264 g/mol. The highest BCUT2D eigenvalue weighted by Gasteiger charge is 2.20. The highest BCUT2D eigenvalue weighted by molar-refractivity contribution is 8.00. The summed E-state index contributed by atoms with van der Waals surface area (Å²) in [7, 11) is 0. The van der Waals surface area contributed by atoms with Gasteiger partial charge in [-0.25, -0.2) is 9.97 Å². The fraction of sp³-hybridized carbons (Fsp3) is 0.364. The lowest BCUT2D eigenvalue weighted by molar-refractivity contribution is 0.675. The molecule has 1 saturated carbocycles. The van der Waals surface area contributed by atoms with Crippen LogP contribution in [0.5, 0.6) is 0 Å². The van der Waals surface area contributed by atoms with Crippen molar-refractivity contribution in [2.24, 2.45) is 0 Å². The van der Waals surface area contributed by atoms with Crippen LogP contribution in [0.2, 0.25) is 0 Å². The van der Waals surface area contributed by atoms with E-state index in [1.165, 1.54) is 29.9 Å². The molecule has 0 spiro atoms. The molecule has 0 saturated heterocycles. The van der Waals surface area contributed by atoms with Crippen LogP contribution in [-0.4, -0.2) is 20.4 Å². The van der Waals surface area contributed by atoms with E-state index in [4.69, 9.17) is 0 Å². The summed E-state index contributed by atoms with van der Waals surface area (Å²) in [6, 6.07) is 4.81. The number of hydrogen-bond acceptors (Lipinski definition) is 6. The van der Waals surface area contributed by atoms with E-state index >= 15 is 0 Å². The molecule has 0 atom stereocenters. The number of rotatable bonds is 5. The molecule has 4 nitrogen and oxygen atoms in total. The maximum atomic E-state index is 4.41. The molecular weight excluding hydrogens is 252 g/mol. The third-order valence-corrected chi connectivity index (χ3v) is 4.31. The lowest BCUT2D eigenvalue weighted by Gasteiger charge is -2.06. The van der Waals surface area contributed by atoms with E-state index in [-0.39, 0.29) is 0 Å². The van der Waals surface area contributed by atoms with Gasteiger partial charge in [0.1, 0.15) is 11.4 Å². The Balaban J connectivity index is 1.72. The van der Waals surface area contributed by atoms with Crippen molar-refractivity contribution in [1.29, 1.82) is 0 Å². The zero-order valence-corrected chi connectivity index (χ0v) is 10.8. The number of hydrogen-bond donors (Lipinski definition) is 1. The molecule has 0 radical (unpaired) electrons. The van der Waals surface area contributed by atoms with E-state index in [9.17, 15) is 0 Å². The van der Waals surface area contributed by atoms with Gasteiger partial charge < -0.3 is 5.32 Å². The molecule has 2 aromatic rings. The topological polar surface area (TPSA) is 50.7 Å². The highest BCUT2D eigenvalue weighted by atomic mass is 32.2. The van der Waals surface area contributed by atoms with Crippen molar-refractivity contribution in [3.8, 4) is 0 Å². The minimum absolute atomic E-state index is 0.717. The Labute approximate surface area is 108 Å². The van der Waals surface area contributed by atoms with E-state index in [0.29, 0.717) is 0 Å². The lowest BCUT2D eigenvalue weighted by atomic mass is 10.3. The molecule has 2 aromatic heterocycles. The van der Waals surface area contributed by atoms with Gasteiger partial charge in [0.15, 0.2) is 4.34 Å². The standard InChI is InChI=1S/C11H12N4S2/c1-2-8(6-13-9-3-4-9)10(12-5-1)16-11-14-7-15-17-11/h1-2,5,7,9,13H,3-4,6H2. The molecule has 0 aliphatic heterocycles. The first kappa shape index (κ1) is 11.1. The van der Waals surface area contributed by atoms with Gasteiger partial charge in [-0.1, -0.05) is 6.07 Å². The largest absolute Gasteiger partial charge is 0.310 e. The second-order valence-corrected chi connectivity index (χ2v) is 5.95. The van der Waals surface area contributed by atoms with E-state index < -0.39 is 0 Å². The molecule has 0 amide bonds. The molecule has 0 unspecified atom stereocenters. The van der Waals surface area contributed by atoms with Gasteiger partial charge in [-0.3, -0.25) is 0 Å². The van der Waals surface area contributed by atoms with Crippen molar-refractivity contribution in [3.63, 3.8) is 0 Å². The predicted octanol–water partition coefficient (Wildman–Crippen LogP) is 2.34. The van der Waals surface area contributed by atoms with E-state index in [1.807, 2.05) is 12.3 Å². The molecule has 1 N–H and O–H groups in total. The van der Waals surface area contributed by atoms with E-state index in [1.54, 1.807) is 18.1 Å². The Hall–Kier alpha value is -0.980. The third kappa shape index (κ3) is 3.02. The highest BCUT2D eigenvalue weighted by Crippen LogP contribution is 2.29. The number of nitrogens with one attached hydrogen (secondary N) is 1. The first-order valence-electron chi connectivity index (χ1n) is 5.53. The maximum Gasteiger partial charge on any atom is 0.176 e. The molecular formula is C11H12N4S2. The summed E-state index contributed by atoms with van der Waals surface area (Å²) in [5.41, 5.74) is 1.24. The second-order valence-electron chi connectivity index (χ2n) is 3.93. The van der Waals surface area contributed by atoms with Gasteiger partial charge in [0, 0.05) is 18.8 Å². The van der Waals surface area contributed by atoms with E-state index in [0.717, 1.165) is 22.0 Å². The Bertz CT molecular complexity index is 482. The summed E-state index contributed by atoms with van der Waals surface area (Å²) >= 11 is 2.99. The van der Waals surface area contributed by atoms with Gasteiger partial charge in [-0.2, -0.15) is 4.37 Å². The lowest BCUT2D eigenvalue weighted by Crippen LogP contribution is -2.16. The molecule has 88 valence electrons. The minimum atomic E-state index is 0.717. The first-order valence-corrected chi connectivity index (χ1v) is 7.12. The van der Waals surface area contributed by atoms with Gasteiger partial charge in [0.2, 0.25) is 0 Å². The van der Waals surface area contributed by atoms with E-state index in [2.05, 4.69) is 25.7 Å². The summed E-state index contributed by atoms with van der Waals surface area (Å²) in [5, 5.41) is 4.53. The zero-order valence-electron chi connectivity index (χ0n) is 9.17. The van der Waals surface area contributed by atoms with Crippen LogP contribution in [0.1, 0.15) is 18.4 Å². The quantitative estimate of drug-likeness (QED) is 0.898. The van der Waals surface area contributed by atoms with Crippen molar-refractivity contribution in [3.05, 3.63) is 30.2 Å². The molecule has 17 heavy (non-hydrogen) atoms. The molecule has 1 fully saturated rings. The second kappa shape index (κ2) is 5.12. The fourth-order valence-corrected chi connectivity index (χ4v) is 2.93. The van der Waals surface area contributed by atoms with Gasteiger partial charge >= 0.3 is 0 Å². The van der Waals surface area contributed by atoms with Gasteiger partial charge in [0.05, 0.1) is 0 Å². The molecule has 6 heteroatoms. The Kier molecular flexibility index (Phi) is 3.35. The summed E-state index contributed by atoms with van der Waals surface area (Å²) < 4.78 is 4.94. The molecule has 2 heterocycles. The molecule has 1 aliphatic carbocycles. The average Bonchev–Trinajstić information content (AvgIpc) is 3.05. The summed E-state index contributed by atoms with van der Waals surface area (Å²) in [5.74, 6) is 0. The summed E-state index contributed by atoms with van der Waals surface area (Å²) in [6.45, 7) is 0.889. The molecule has 0 bridgehead atoms. The van der Waals surface area contributed by atoms with Crippen molar-refractivity contribution in [2.75, 3.05) is 0 Å². The zero-order chi connectivity index (χ0) is 11.5. The van der Waals surface area contributed by atoms with Crippen molar-refractivity contribution in [2.45, 2.75) is 34.8 Å². The smallest absolute Gasteiger partial charge is 0.176 e. The van der Waals surface area contributed by atoms with Crippen LogP contribution in [0.3, 0.4) is 0 Å². The Morgan fingerprint density at radius 2 is 2.35 bits per heavy atom. The monoisotopic (exact) mass is 264 g/mol. The van der Waals surface area contributed by atoms with Gasteiger partial charge in [-0.15, -0.1) is 0 Å². The third-order valence-electron chi connectivity index (χ3n) is 2.53. The maximum absolute atomic E-state index is 4.41. The van der Waals surface area contributed by atoms with Crippen LogP contribution in [0.15, 0.2) is 34.0 Å². The number of nitrogens with zero attached hydrogens (tertiary/aromatic N) is 3. The van der Waals surface area contributed by atoms with Crippen LogP contribution >= 0.6 is 23.3 Å². The summed E-state index contributed by atoms with van der Waals surface area (Å²) in [6.07, 6.45) is 6.01. The number of aromatic nitrogens is 3.